The van der Waals surface area contributed by atoms with Crippen LogP contribution in [0.4, 0.5) is 4.79 Å². The summed E-state index contributed by atoms with van der Waals surface area (Å²) >= 11 is 0. The molecule has 3 N–H and O–H groups in total. The molecule has 0 radical (unpaired) electrons. The second kappa shape index (κ2) is 16.1. The van der Waals surface area contributed by atoms with Gasteiger partial charge in [-0.3, -0.25) is 28.8 Å². The molecular weight excluding hydrogens is 602 g/mol. The van der Waals surface area contributed by atoms with Gasteiger partial charge in [-0.15, -0.1) is 0 Å². The van der Waals surface area contributed by atoms with E-state index in [2.05, 4.69) is 0 Å². The van der Waals surface area contributed by atoms with E-state index in [4.69, 9.17) is 53.1 Å². The highest BCUT2D eigenvalue weighted by molar-refractivity contribution is 5.69. The molecule has 0 saturated carbocycles. The molecule has 44 heavy (non-hydrogen) atoms. The summed E-state index contributed by atoms with van der Waals surface area (Å²) in [5, 5.41) is 10.9. The summed E-state index contributed by atoms with van der Waals surface area (Å²) < 4.78 is 53.4. The number of primary amides is 1. The maximum atomic E-state index is 12.1. The molecule has 2 aliphatic heterocycles. The lowest BCUT2D eigenvalue weighted by Gasteiger charge is -2.47. The average molecular weight is 638 g/mol. The fraction of sp³-hybridized carbons (Fsp3) is 0.720. The summed E-state index contributed by atoms with van der Waals surface area (Å²) in [7, 11) is 0. The minimum Gasteiger partial charge on any atom is -0.463 e. The third-order valence-electron chi connectivity index (χ3n) is 5.85. The van der Waals surface area contributed by atoms with Crippen molar-refractivity contribution >= 4 is 41.9 Å². The first kappa shape index (κ1) is 36.1. The smallest absolute Gasteiger partial charge is 0.405 e. The molecule has 0 spiro atoms. The lowest BCUT2D eigenvalue weighted by Crippen LogP contribution is -2.67. The molecule has 0 aliphatic carbocycles. The largest absolute Gasteiger partial charge is 0.463 e. The number of hydrogen-bond acceptors (Lipinski definition) is 18. The van der Waals surface area contributed by atoms with E-state index in [9.17, 15) is 38.7 Å². The van der Waals surface area contributed by atoms with Crippen molar-refractivity contribution in [2.75, 3.05) is 13.2 Å². The van der Waals surface area contributed by atoms with Crippen LogP contribution in [0.15, 0.2) is 0 Å². The van der Waals surface area contributed by atoms with Crippen molar-refractivity contribution in [3.63, 3.8) is 0 Å². The Bertz CT molecular complexity index is 1090. The van der Waals surface area contributed by atoms with Gasteiger partial charge in [0.1, 0.15) is 25.4 Å². The number of esters is 6. The van der Waals surface area contributed by atoms with Crippen molar-refractivity contribution in [2.45, 2.75) is 103 Å². The molecular formula is C25H35NO18. The number of hydrogen-bond donors (Lipinski definition) is 2. The zero-order valence-corrected chi connectivity index (χ0v) is 24.7. The molecule has 0 aromatic heterocycles. The Labute approximate surface area is 250 Å². The molecule has 0 bridgehead atoms. The van der Waals surface area contributed by atoms with E-state index in [0.717, 1.165) is 41.5 Å². The lowest BCUT2D eigenvalue weighted by atomic mass is 9.96. The number of carbonyl (C=O) groups is 7. The zero-order valence-electron chi connectivity index (χ0n) is 24.7. The quantitative estimate of drug-likeness (QED) is 0.186. The van der Waals surface area contributed by atoms with Crippen LogP contribution in [-0.2, 0) is 76.1 Å². The number of ether oxygens (including phenoxy) is 10. The van der Waals surface area contributed by atoms with Crippen LogP contribution >= 0.6 is 0 Å². The van der Waals surface area contributed by atoms with Gasteiger partial charge in [-0.2, -0.15) is 0 Å². The van der Waals surface area contributed by atoms with Gasteiger partial charge in [-0.25, -0.2) is 4.79 Å². The van der Waals surface area contributed by atoms with E-state index in [1.807, 2.05) is 0 Å². The van der Waals surface area contributed by atoms with Crippen LogP contribution in [0, 0.1) is 0 Å². The first-order valence-corrected chi connectivity index (χ1v) is 13.1. The summed E-state index contributed by atoms with van der Waals surface area (Å²) in [5.41, 5.74) is 5.18. The molecule has 248 valence electrons. The van der Waals surface area contributed by atoms with Gasteiger partial charge in [-0.1, -0.05) is 0 Å². The number of carbonyl (C=O) groups excluding carboxylic acids is 7. The van der Waals surface area contributed by atoms with E-state index < -0.39 is 117 Å². The number of aliphatic hydroxyl groups excluding tert-OH is 1. The first-order valence-electron chi connectivity index (χ1n) is 13.1. The standard InChI is InChI=1S/C25H35NO18/c1-9(27)35-7-15-17(37-11(3)29)19(38-12(4)30)21(23(33)41-15)43-24-22(40-14(6)32)20(39-13(5)31)18(44-25(26)34)16(42-24)8-36-10(2)28/h15-24,33H,7-8H2,1-6H3,(H2,26,34)/t15-,16+,17+,18+,19-,20-,21-,22-,23-,24+/m0/s1. The third kappa shape index (κ3) is 10.6. The van der Waals surface area contributed by atoms with E-state index >= 15 is 0 Å². The summed E-state index contributed by atoms with van der Waals surface area (Å²) in [6.07, 6.45) is -18.2. The molecule has 2 saturated heterocycles. The van der Waals surface area contributed by atoms with Crippen molar-refractivity contribution in [3.05, 3.63) is 0 Å². The van der Waals surface area contributed by atoms with Gasteiger partial charge in [0.25, 0.3) is 0 Å². The Hall–Kier alpha value is -4.07. The molecule has 19 nitrogen and oxygen atoms in total. The second-order valence-electron chi connectivity index (χ2n) is 9.51. The van der Waals surface area contributed by atoms with Gasteiger partial charge in [0.2, 0.25) is 0 Å². The van der Waals surface area contributed by atoms with Gasteiger partial charge in [0.05, 0.1) is 0 Å². The Morgan fingerprint density at radius 1 is 0.545 bits per heavy atom. The highest BCUT2D eigenvalue weighted by Crippen LogP contribution is 2.34. The summed E-state index contributed by atoms with van der Waals surface area (Å²) in [4.78, 5) is 82.9. The molecule has 2 rings (SSSR count). The Morgan fingerprint density at radius 2 is 0.932 bits per heavy atom. The topological polar surface area (TPSA) is 258 Å². The van der Waals surface area contributed by atoms with Crippen LogP contribution < -0.4 is 5.73 Å². The highest BCUT2D eigenvalue weighted by Gasteiger charge is 2.57. The monoisotopic (exact) mass is 637 g/mol. The molecule has 1 amide bonds. The minimum absolute atomic E-state index is 0.546. The van der Waals surface area contributed by atoms with E-state index in [0.29, 0.717) is 0 Å². The number of aliphatic hydroxyl groups is 1. The maximum Gasteiger partial charge on any atom is 0.405 e. The fourth-order valence-corrected chi connectivity index (χ4v) is 4.43. The number of amides is 1. The van der Waals surface area contributed by atoms with Gasteiger partial charge in [0.15, 0.2) is 49.2 Å². The zero-order chi connectivity index (χ0) is 33.3. The van der Waals surface area contributed by atoms with Crippen LogP contribution in [0.3, 0.4) is 0 Å². The van der Waals surface area contributed by atoms with Crippen LogP contribution in [0.2, 0.25) is 0 Å². The van der Waals surface area contributed by atoms with Crippen LogP contribution in [0.1, 0.15) is 41.5 Å². The molecule has 0 aromatic carbocycles. The molecule has 2 fully saturated rings. The molecule has 0 aromatic rings. The molecule has 0 unspecified atom stereocenters. The predicted molar refractivity (Wildman–Crippen MR) is 134 cm³/mol. The molecule has 19 heteroatoms. The van der Waals surface area contributed by atoms with Crippen LogP contribution in [0.25, 0.3) is 0 Å². The normalized spacial score (nSPS) is 31.4. The molecule has 2 heterocycles. The van der Waals surface area contributed by atoms with E-state index in [1.165, 1.54) is 0 Å². The summed E-state index contributed by atoms with van der Waals surface area (Å²) in [5.74, 6) is -5.24. The maximum absolute atomic E-state index is 12.1. The van der Waals surface area contributed by atoms with Crippen molar-refractivity contribution in [1.82, 2.24) is 0 Å². The minimum atomic E-state index is -2.01. The van der Waals surface area contributed by atoms with Crippen molar-refractivity contribution in [1.29, 1.82) is 0 Å². The highest BCUT2D eigenvalue weighted by atomic mass is 16.8. The molecule has 10 atom stereocenters. The lowest BCUT2D eigenvalue weighted by molar-refractivity contribution is -0.362. The van der Waals surface area contributed by atoms with Gasteiger partial charge >= 0.3 is 41.9 Å². The third-order valence-corrected chi connectivity index (χ3v) is 5.85. The van der Waals surface area contributed by atoms with Gasteiger partial charge < -0.3 is 58.2 Å². The van der Waals surface area contributed by atoms with E-state index in [1.54, 1.807) is 0 Å². The van der Waals surface area contributed by atoms with Crippen molar-refractivity contribution in [2.24, 2.45) is 5.73 Å². The molecule has 2 aliphatic rings. The van der Waals surface area contributed by atoms with Gasteiger partial charge in [-0.05, 0) is 0 Å². The SMILES string of the molecule is CC(=O)OC[C@@H]1O[C@H](O)[C@@H](O[C@H]2O[C@H](COC(C)=O)[C@@H](OC(N)=O)[C@H](OC(C)=O)[C@@H]2OC(C)=O)[C@@H](OC(C)=O)[C@@H]1OC(C)=O. The average Bonchev–Trinajstić information content (AvgIpc) is 2.87. The summed E-state index contributed by atoms with van der Waals surface area (Å²) in [6.45, 7) is 4.97. The van der Waals surface area contributed by atoms with Gasteiger partial charge in [0, 0.05) is 41.5 Å². The Kier molecular flexibility index (Phi) is 13.2. The predicted octanol–water partition coefficient (Wildman–Crippen LogP) is -1.87. The number of nitrogens with two attached hydrogens (primary N) is 1. The van der Waals surface area contributed by atoms with Crippen molar-refractivity contribution < 1.29 is 86.0 Å². The fourth-order valence-electron chi connectivity index (χ4n) is 4.43. The van der Waals surface area contributed by atoms with Crippen LogP contribution in [-0.4, -0.2) is 122 Å². The Morgan fingerprint density at radius 3 is 1.36 bits per heavy atom. The van der Waals surface area contributed by atoms with Crippen LogP contribution in [0.5, 0.6) is 0 Å². The Balaban J connectivity index is 2.59. The second-order valence-corrected chi connectivity index (χ2v) is 9.51. The van der Waals surface area contributed by atoms with E-state index in [-0.39, 0.29) is 0 Å². The first-order chi connectivity index (χ1) is 20.5. The number of rotatable bonds is 11. The summed E-state index contributed by atoms with van der Waals surface area (Å²) in [6, 6.07) is 0. The van der Waals surface area contributed by atoms with Crippen molar-refractivity contribution in [3.8, 4) is 0 Å².